The van der Waals surface area contributed by atoms with Crippen molar-refractivity contribution in [3.05, 3.63) is 65.2 Å². The maximum absolute atomic E-state index is 11.8. The maximum atomic E-state index is 11.8. The van der Waals surface area contributed by atoms with Crippen molar-refractivity contribution >= 4 is 40.7 Å². The summed E-state index contributed by atoms with van der Waals surface area (Å²) in [7, 11) is 0. The normalized spacial score (nSPS) is 15.7. The van der Waals surface area contributed by atoms with Crippen molar-refractivity contribution < 1.29 is 14.6 Å². The Hall–Kier alpha value is -2.53. The summed E-state index contributed by atoms with van der Waals surface area (Å²) >= 11 is 7.51. The van der Waals surface area contributed by atoms with Gasteiger partial charge in [0.05, 0.1) is 12.2 Å². The number of nitrogens with one attached hydrogen (secondary N) is 1. The number of aliphatic hydroxyl groups is 1. The number of benzene rings is 2. The number of hydrogen-bond acceptors (Lipinski definition) is 5. The smallest absolute Gasteiger partial charge is 0.338 e. The van der Waals surface area contributed by atoms with Gasteiger partial charge < -0.3 is 20.1 Å². The SMILES string of the molecule is CCOC(=O)c1ccc(NC(=S)N2CCSC2c2ccc(C#CC(C)(C)O)cc2)cc1. The van der Waals surface area contributed by atoms with Crippen LogP contribution in [0, 0.1) is 11.8 Å². The first-order valence-electron chi connectivity index (χ1n) is 10.1. The Morgan fingerprint density at radius 1 is 1.26 bits per heavy atom. The average molecular weight is 455 g/mol. The van der Waals surface area contributed by atoms with Crippen molar-refractivity contribution in [2.75, 3.05) is 24.2 Å². The zero-order valence-corrected chi connectivity index (χ0v) is 19.5. The quantitative estimate of drug-likeness (QED) is 0.403. The van der Waals surface area contributed by atoms with Crippen LogP contribution in [0.2, 0.25) is 0 Å². The van der Waals surface area contributed by atoms with Crippen LogP contribution < -0.4 is 5.32 Å². The topological polar surface area (TPSA) is 61.8 Å². The van der Waals surface area contributed by atoms with Crippen molar-refractivity contribution in [1.29, 1.82) is 0 Å². The molecule has 1 atom stereocenters. The Morgan fingerprint density at radius 3 is 2.55 bits per heavy atom. The second-order valence-corrected chi connectivity index (χ2v) is 9.15. The van der Waals surface area contributed by atoms with Gasteiger partial charge in [0.15, 0.2) is 5.11 Å². The molecule has 31 heavy (non-hydrogen) atoms. The van der Waals surface area contributed by atoms with E-state index in [4.69, 9.17) is 17.0 Å². The monoisotopic (exact) mass is 454 g/mol. The number of ether oxygens (including phenoxy) is 1. The van der Waals surface area contributed by atoms with Crippen LogP contribution in [0.4, 0.5) is 5.69 Å². The van der Waals surface area contributed by atoms with Gasteiger partial charge in [0.2, 0.25) is 0 Å². The molecule has 0 bridgehead atoms. The lowest BCUT2D eigenvalue weighted by Crippen LogP contribution is -2.34. The van der Waals surface area contributed by atoms with Crippen LogP contribution >= 0.6 is 24.0 Å². The zero-order valence-electron chi connectivity index (χ0n) is 17.8. The van der Waals surface area contributed by atoms with E-state index in [2.05, 4.69) is 34.2 Å². The Bertz CT molecular complexity index is 987. The summed E-state index contributed by atoms with van der Waals surface area (Å²) in [6, 6.07) is 15.2. The molecule has 162 valence electrons. The minimum absolute atomic E-state index is 0.120. The molecule has 0 spiro atoms. The number of thiocarbonyl (C=S) groups is 1. The molecule has 1 aliphatic rings. The van der Waals surface area contributed by atoms with Gasteiger partial charge in [-0.15, -0.1) is 11.8 Å². The number of carbonyl (C=O) groups excluding carboxylic acids is 1. The standard InChI is InChI=1S/C24H26N2O3S2/c1-4-29-22(27)19-9-11-20(12-10-19)25-23(30)26-15-16-31-21(26)18-7-5-17(6-8-18)13-14-24(2,3)28/h5-12,21,28H,4,15-16H2,1-3H3,(H,25,30). The average Bonchev–Trinajstić information content (AvgIpc) is 3.23. The molecule has 2 aromatic rings. The summed E-state index contributed by atoms with van der Waals surface area (Å²) in [6.07, 6.45) is 0. The van der Waals surface area contributed by atoms with Crippen LogP contribution in [0.5, 0.6) is 0 Å². The Balaban J connectivity index is 1.66. The molecule has 0 aromatic heterocycles. The Kier molecular flexibility index (Phi) is 7.60. The van der Waals surface area contributed by atoms with Crippen molar-refractivity contribution in [1.82, 2.24) is 4.90 Å². The number of nitrogens with zero attached hydrogens (tertiary/aromatic N) is 1. The van der Waals surface area contributed by atoms with Gasteiger partial charge in [-0.1, -0.05) is 24.0 Å². The highest BCUT2D eigenvalue weighted by atomic mass is 32.2. The number of carbonyl (C=O) groups is 1. The second-order valence-electron chi connectivity index (χ2n) is 7.58. The van der Waals surface area contributed by atoms with Crippen LogP contribution in [-0.4, -0.2) is 45.6 Å². The maximum Gasteiger partial charge on any atom is 0.338 e. The molecule has 1 unspecified atom stereocenters. The van der Waals surface area contributed by atoms with Gasteiger partial charge in [-0.2, -0.15) is 0 Å². The van der Waals surface area contributed by atoms with Gasteiger partial charge in [-0.25, -0.2) is 4.79 Å². The molecule has 0 radical (unpaired) electrons. The van der Waals surface area contributed by atoms with Crippen LogP contribution in [0.1, 0.15) is 47.6 Å². The van der Waals surface area contributed by atoms with E-state index in [0.717, 1.165) is 29.1 Å². The van der Waals surface area contributed by atoms with Gasteiger partial charge in [0.25, 0.3) is 0 Å². The van der Waals surface area contributed by atoms with E-state index >= 15 is 0 Å². The lowest BCUT2D eigenvalue weighted by molar-refractivity contribution is 0.0526. The number of anilines is 1. The molecular weight excluding hydrogens is 428 g/mol. The van der Waals surface area contributed by atoms with E-state index in [1.807, 2.05) is 36.0 Å². The summed E-state index contributed by atoms with van der Waals surface area (Å²) in [5, 5.41) is 13.8. The van der Waals surface area contributed by atoms with Crippen molar-refractivity contribution in [2.45, 2.75) is 31.7 Å². The molecule has 0 aliphatic carbocycles. The fourth-order valence-electron chi connectivity index (χ4n) is 3.01. The largest absolute Gasteiger partial charge is 0.462 e. The third kappa shape index (κ3) is 6.47. The Morgan fingerprint density at radius 2 is 1.94 bits per heavy atom. The highest BCUT2D eigenvalue weighted by Gasteiger charge is 2.28. The van der Waals surface area contributed by atoms with Gasteiger partial charge >= 0.3 is 5.97 Å². The third-order valence-corrected chi connectivity index (χ3v) is 6.10. The molecule has 7 heteroatoms. The first kappa shape index (κ1) is 23.1. The second kappa shape index (κ2) is 10.2. The highest BCUT2D eigenvalue weighted by Crippen LogP contribution is 2.38. The van der Waals surface area contributed by atoms with E-state index in [1.54, 1.807) is 32.9 Å². The van der Waals surface area contributed by atoms with Crippen LogP contribution in [0.25, 0.3) is 0 Å². The molecule has 5 nitrogen and oxygen atoms in total. The molecule has 2 N–H and O–H groups in total. The molecule has 2 aromatic carbocycles. The fourth-order valence-corrected chi connectivity index (χ4v) is 4.66. The van der Waals surface area contributed by atoms with E-state index < -0.39 is 5.60 Å². The van der Waals surface area contributed by atoms with Gasteiger partial charge in [0, 0.05) is 23.5 Å². The number of rotatable bonds is 4. The van der Waals surface area contributed by atoms with Crippen molar-refractivity contribution in [3.63, 3.8) is 0 Å². The van der Waals surface area contributed by atoms with E-state index in [1.165, 1.54) is 0 Å². The summed E-state index contributed by atoms with van der Waals surface area (Å²) in [4.78, 5) is 14.0. The molecular formula is C24H26N2O3S2. The highest BCUT2D eigenvalue weighted by molar-refractivity contribution is 7.99. The summed E-state index contributed by atoms with van der Waals surface area (Å²) in [5.41, 5.74) is 2.34. The van der Waals surface area contributed by atoms with Crippen LogP contribution in [-0.2, 0) is 4.74 Å². The minimum atomic E-state index is -1.01. The van der Waals surface area contributed by atoms with Gasteiger partial charge in [-0.05, 0) is 75.0 Å². The van der Waals surface area contributed by atoms with E-state index in [-0.39, 0.29) is 11.3 Å². The lowest BCUT2D eigenvalue weighted by atomic mass is 10.1. The molecule has 1 heterocycles. The van der Waals surface area contributed by atoms with Crippen molar-refractivity contribution in [2.24, 2.45) is 0 Å². The number of esters is 1. The summed E-state index contributed by atoms with van der Waals surface area (Å²) in [6.45, 7) is 6.32. The summed E-state index contributed by atoms with van der Waals surface area (Å²) < 4.78 is 5.02. The lowest BCUT2D eigenvalue weighted by Gasteiger charge is -2.27. The molecule has 1 aliphatic heterocycles. The summed E-state index contributed by atoms with van der Waals surface area (Å²) in [5.74, 6) is 6.48. The molecule has 1 saturated heterocycles. The predicted molar refractivity (Wildman–Crippen MR) is 130 cm³/mol. The number of thioether (sulfide) groups is 1. The molecule has 1 fully saturated rings. The minimum Gasteiger partial charge on any atom is -0.462 e. The first-order valence-corrected chi connectivity index (χ1v) is 11.5. The van der Waals surface area contributed by atoms with Crippen molar-refractivity contribution in [3.8, 4) is 11.8 Å². The zero-order chi connectivity index (χ0) is 22.4. The Labute approximate surface area is 193 Å². The van der Waals surface area contributed by atoms with E-state index in [0.29, 0.717) is 17.3 Å². The molecule has 3 rings (SSSR count). The van der Waals surface area contributed by atoms with Crippen LogP contribution in [0.3, 0.4) is 0 Å². The molecule has 0 saturated carbocycles. The van der Waals surface area contributed by atoms with Gasteiger partial charge in [0.1, 0.15) is 11.0 Å². The fraction of sp³-hybridized carbons (Fsp3) is 0.333. The number of hydrogen-bond donors (Lipinski definition) is 2. The molecule has 0 amide bonds. The third-order valence-electron chi connectivity index (χ3n) is 4.51. The van der Waals surface area contributed by atoms with Crippen LogP contribution in [0.15, 0.2) is 48.5 Å². The van der Waals surface area contributed by atoms with E-state index in [9.17, 15) is 9.90 Å². The van der Waals surface area contributed by atoms with Gasteiger partial charge in [-0.3, -0.25) is 0 Å². The predicted octanol–water partition coefficient (Wildman–Crippen LogP) is 4.43. The first-order chi connectivity index (χ1) is 14.8.